The second kappa shape index (κ2) is 8.12. The summed E-state index contributed by atoms with van der Waals surface area (Å²) in [5, 5.41) is 1.02. The van der Waals surface area contributed by atoms with E-state index in [4.69, 9.17) is 4.98 Å². The van der Waals surface area contributed by atoms with Gasteiger partial charge in [0, 0.05) is 55.9 Å². The maximum atomic E-state index is 12.9. The van der Waals surface area contributed by atoms with E-state index in [2.05, 4.69) is 11.1 Å². The van der Waals surface area contributed by atoms with Crippen LogP contribution in [0.1, 0.15) is 34.8 Å². The number of amides is 1. The molecule has 4 rings (SSSR count). The van der Waals surface area contributed by atoms with Gasteiger partial charge in [0.1, 0.15) is 0 Å². The molecule has 0 radical (unpaired) electrons. The maximum Gasteiger partial charge on any atom is 0.253 e. The number of carbonyl (C=O) groups excluding carboxylic acids is 1. The Morgan fingerprint density at radius 2 is 1.73 bits per heavy atom. The number of fused-ring (bicyclic) bond motifs is 1. The van der Waals surface area contributed by atoms with Crippen LogP contribution in [0, 0.1) is 0 Å². The molecule has 8 heteroatoms. The third-order valence-electron chi connectivity index (χ3n) is 5.57. The minimum atomic E-state index is -3.50. The first-order chi connectivity index (χ1) is 14.4. The van der Waals surface area contributed by atoms with E-state index >= 15 is 0 Å². The molecule has 1 amide bonds. The van der Waals surface area contributed by atoms with Gasteiger partial charge in [0.15, 0.2) is 5.65 Å². The highest BCUT2D eigenvalue weighted by Crippen LogP contribution is 2.28. The molecule has 156 valence electrons. The minimum Gasteiger partial charge on any atom is -0.339 e. The van der Waals surface area contributed by atoms with Crippen LogP contribution in [-0.2, 0) is 10.0 Å². The topological polar surface area (TPSA) is 83.5 Å². The third kappa shape index (κ3) is 3.93. The first-order valence-electron chi connectivity index (χ1n) is 9.90. The molecule has 0 unspecified atom stereocenters. The Morgan fingerprint density at radius 3 is 2.40 bits per heavy atom. The van der Waals surface area contributed by atoms with E-state index in [1.165, 1.54) is 26.2 Å². The highest BCUT2D eigenvalue weighted by molar-refractivity contribution is 7.89. The summed E-state index contributed by atoms with van der Waals surface area (Å²) in [5.74, 6) is 0.225. The molecule has 1 aromatic carbocycles. The average molecular weight is 425 g/mol. The number of piperidine rings is 1. The highest BCUT2D eigenvalue weighted by Gasteiger charge is 2.26. The van der Waals surface area contributed by atoms with E-state index in [1.54, 1.807) is 18.3 Å². The van der Waals surface area contributed by atoms with Gasteiger partial charge in [0.05, 0.1) is 4.90 Å². The summed E-state index contributed by atoms with van der Waals surface area (Å²) in [6, 6.07) is 14.1. The summed E-state index contributed by atoms with van der Waals surface area (Å²) >= 11 is 0. The fourth-order valence-corrected chi connectivity index (χ4v) is 4.64. The standard InChI is InChI=1S/C22H24N4O3S/c1-25(2)30(28,29)19-8-5-18(6-9-19)22(27)26-14-11-16(12-15-26)20-10-7-17-4-3-13-23-21(17)24-20/h3-10,13,16H,11-12,14-15H2,1-2H3. The number of carbonyl (C=O) groups is 1. The van der Waals surface area contributed by atoms with E-state index in [9.17, 15) is 13.2 Å². The molecule has 1 aliphatic rings. The van der Waals surface area contributed by atoms with Crippen LogP contribution in [0.2, 0.25) is 0 Å². The number of benzene rings is 1. The highest BCUT2D eigenvalue weighted by atomic mass is 32.2. The van der Waals surface area contributed by atoms with Crippen molar-refractivity contribution in [1.29, 1.82) is 0 Å². The number of aromatic nitrogens is 2. The molecule has 1 saturated heterocycles. The number of hydrogen-bond acceptors (Lipinski definition) is 5. The molecule has 1 aliphatic heterocycles. The molecule has 0 aliphatic carbocycles. The van der Waals surface area contributed by atoms with E-state index in [0.29, 0.717) is 24.6 Å². The fraction of sp³-hybridized carbons (Fsp3) is 0.318. The normalized spacial score (nSPS) is 15.6. The van der Waals surface area contributed by atoms with Crippen molar-refractivity contribution < 1.29 is 13.2 Å². The molecule has 3 aromatic rings. The van der Waals surface area contributed by atoms with Gasteiger partial charge in [-0.25, -0.2) is 22.7 Å². The van der Waals surface area contributed by atoms with Crippen molar-refractivity contribution in [3.8, 4) is 0 Å². The van der Waals surface area contributed by atoms with E-state index in [-0.39, 0.29) is 10.8 Å². The lowest BCUT2D eigenvalue weighted by Gasteiger charge is -2.32. The second-order valence-corrected chi connectivity index (χ2v) is 9.82. The molecule has 0 N–H and O–H groups in total. The SMILES string of the molecule is CN(C)S(=O)(=O)c1ccc(C(=O)N2CCC(c3ccc4cccnc4n3)CC2)cc1. The molecule has 0 atom stereocenters. The summed E-state index contributed by atoms with van der Waals surface area (Å²) < 4.78 is 25.5. The fourth-order valence-electron chi connectivity index (χ4n) is 3.74. The van der Waals surface area contributed by atoms with Gasteiger partial charge in [-0.15, -0.1) is 0 Å². The minimum absolute atomic E-state index is 0.0737. The van der Waals surface area contributed by atoms with Crippen molar-refractivity contribution in [3.05, 3.63) is 66.0 Å². The van der Waals surface area contributed by atoms with Gasteiger partial charge >= 0.3 is 0 Å². The Morgan fingerprint density at radius 1 is 1.03 bits per heavy atom. The lowest BCUT2D eigenvalue weighted by Crippen LogP contribution is -2.38. The molecule has 0 saturated carbocycles. The predicted octanol–water partition coefficient (Wildman–Crippen LogP) is 2.90. The number of sulfonamides is 1. The van der Waals surface area contributed by atoms with Crippen LogP contribution >= 0.6 is 0 Å². The van der Waals surface area contributed by atoms with Crippen LogP contribution in [0.4, 0.5) is 0 Å². The smallest absolute Gasteiger partial charge is 0.253 e. The quantitative estimate of drug-likeness (QED) is 0.643. The Hall–Kier alpha value is -2.84. The lowest BCUT2D eigenvalue weighted by atomic mass is 9.92. The molecule has 0 spiro atoms. The number of nitrogens with zero attached hydrogens (tertiary/aromatic N) is 4. The van der Waals surface area contributed by atoms with Gasteiger partial charge in [-0.3, -0.25) is 4.79 Å². The van der Waals surface area contributed by atoms with Gasteiger partial charge < -0.3 is 4.90 Å². The molecular weight excluding hydrogens is 400 g/mol. The van der Waals surface area contributed by atoms with Crippen LogP contribution in [0.25, 0.3) is 11.0 Å². The summed E-state index contributed by atoms with van der Waals surface area (Å²) in [4.78, 5) is 23.9. The van der Waals surface area contributed by atoms with Gasteiger partial charge in [-0.1, -0.05) is 0 Å². The van der Waals surface area contributed by atoms with Crippen LogP contribution in [0.15, 0.2) is 59.6 Å². The predicted molar refractivity (Wildman–Crippen MR) is 115 cm³/mol. The van der Waals surface area contributed by atoms with Crippen LogP contribution in [0.5, 0.6) is 0 Å². The van der Waals surface area contributed by atoms with Crippen molar-refractivity contribution in [3.63, 3.8) is 0 Å². The lowest BCUT2D eigenvalue weighted by molar-refractivity contribution is 0.0712. The Labute approximate surface area is 176 Å². The molecule has 30 heavy (non-hydrogen) atoms. The van der Waals surface area contributed by atoms with E-state index in [0.717, 1.165) is 33.9 Å². The van der Waals surface area contributed by atoms with Crippen LogP contribution in [0.3, 0.4) is 0 Å². The molecular formula is C22H24N4O3S. The van der Waals surface area contributed by atoms with Crippen molar-refractivity contribution in [2.24, 2.45) is 0 Å². The number of pyridine rings is 2. The summed E-state index contributed by atoms with van der Waals surface area (Å²) in [6.45, 7) is 1.28. The molecule has 7 nitrogen and oxygen atoms in total. The van der Waals surface area contributed by atoms with Gasteiger partial charge in [-0.05, 0) is 61.4 Å². The van der Waals surface area contributed by atoms with Gasteiger partial charge in [-0.2, -0.15) is 0 Å². The van der Waals surface area contributed by atoms with Crippen LogP contribution < -0.4 is 0 Å². The zero-order valence-electron chi connectivity index (χ0n) is 17.0. The average Bonchev–Trinajstić information content (AvgIpc) is 2.78. The van der Waals surface area contributed by atoms with Crippen molar-refractivity contribution in [2.45, 2.75) is 23.7 Å². The van der Waals surface area contributed by atoms with E-state index < -0.39 is 10.0 Å². The monoisotopic (exact) mass is 424 g/mol. The summed E-state index contributed by atoms with van der Waals surface area (Å²) in [5.41, 5.74) is 2.27. The van der Waals surface area contributed by atoms with Gasteiger partial charge in [0.25, 0.3) is 5.91 Å². The summed E-state index contributed by atoms with van der Waals surface area (Å²) in [6.07, 6.45) is 3.42. The van der Waals surface area contributed by atoms with Crippen molar-refractivity contribution in [1.82, 2.24) is 19.2 Å². The molecule has 3 heterocycles. The van der Waals surface area contributed by atoms with Crippen molar-refractivity contribution in [2.75, 3.05) is 27.2 Å². The number of rotatable bonds is 4. The molecule has 2 aromatic heterocycles. The molecule has 1 fully saturated rings. The zero-order chi connectivity index (χ0) is 21.3. The first kappa shape index (κ1) is 20.4. The number of hydrogen-bond donors (Lipinski definition) is 0. The Balaban J connectivity index is 1.42. The van der Waals surface area contributed by atoms with Crippen molar-refractivity contribution >= 4 is 27.0 Å². The first-order valence-corrected chi connectivity index (χ1v) is 11.3. The number of likely N-dealkylation sites (tertiary alicyclic amines) is 1. The Bertz CT molecular complexity index is 1170. The van der Waals surface area contributed by atoms with E-state index in [1.807, 2.05) is 23.1 Å². The van der Waals surface area contributed by atoms with Gasteiger partial charge in [0.2, 0.25) is 10.0 Å². The molecule has 0 bridgehead atoms. The third-order valence-corrected chi connectivity index (χ3v) is 7.40. The second-order valence-electron chi connectivity index (χ2n) is 7.66. The maximum absolute atomic E-state index is 12.9. The zero-order valence-corrected chi connectivity index (χ0v) is 17.8. The Kier molecular flexibility index (Phi) is 5.53. The largest absolute Gasteiger partial charge is 0.339 e. The summed E-state index contributed by atoms with van der Waals surface area (Å²) in [7, 11) is -0.531. The van der Waals surface area contributed by atoms with Crippen LogP contribution in [-0.4, -0.2) is 60.7 Å².